The van der Waals surface area contributed by atoms with Crippen molar-refractivity contribution in [1.29, 1.82) is 0 Å². The highest BCUT2D eigenvalue weighted by Gasteiger charge is 2.34. The van der Waals surface area contributed by atoms with Crippen LogP contribution in [0.5, 0.6) is 0 Å². The third kappa shape index (κ3) is 8.89. The van der Waals surface area contributed by atoms with E-state index in [1.807, 2.05) is 36.1 Å². The minimum atomic E-state index is -0.952. The predicted molar refractivity (Wildman–Crippen MR) is 127 cm³/mol. The van der Waals surface area contributed by atoms with Crippen LogP contribution in [-0.4, -0.2) is 57.8 Å². The molecule has 0 amide bonds. The highest BCUT2D eigenvalue weighted by Crippen LogP contribution is 2.50. The van der Waals surface area contributed by atoms with Crippen molar-refractivity contribution in [1.82, 2.24) is 9.34 Å². The molecule has 172 valence electrons. The zero-order valence-corrected chi connectivity index (χ0v) is 21.9. The van der Waals surface area contributed by atoms with Gasteiger partial charge in [0.1, 0.15) is 7.05 Å². The number of nitrogens with zero attached hydrogens (tertiary/aromatic N) is 3. The van der Waals surface area contributed by atoms with Gasteiger partial charge in [-0.25, -0.2) is 13.9 Å². The van der Waals surface area contributed by atoms with Crippen LogP contribution in [0.4, 0.5) is 0 Å². The second kappa shape index (κ2) is 13.8. The average Bonchev–Trinajstić information content (AvgIpc) is 2.63. The lowest BCUT2D eigenvalue weighted by atomic mass is 10.3. The zero-order chi connectivity index (χ0) is 22.8. The Hall–Kier alpha value is -0.560. The van der Waals surface area contributed by atoms with Gasteiger partial charge in [-0.15, -0.1) is 0 Å². The Bertz CT molecular complexity index is 591. The summed E-state index contributed by atoms with van der Waals surface area (Å²) in [4.78, 5) is 12.2. The molecule has 0 spiro atoms. The van der Waals surface area contributed by atoms with Crippen LogP contribution < -0.4 is 4.57 Å². The van der Waals surface area contributed by atoms with Crippen LogP contribution in [0, 0.1) is 0 Å². The number of aryl methyl sites for hydroxylation is 1. The van der Waals surface area contributed by atoms with Crippen LogP contribution >= 0.6 is 20.2 Å². The molecule has 0 saturated carbocycles. The first-order valence-corrected chi connectivity index (χ1v) is 12.9. The molecular weight excluding hydrogens is 417 g/mol. The number of hydrogen-bond acceptors (Lipinski definition) is 6. The lowest BCUT2D eigenvalue weighted by Crippen LogP contribution is -2.43. The Balaban J connectivity index is 2.58. The molecule has 0 saturated heterocycles. The minimum Gasteiger partial charge on any atom is -0.354 e. The topological polar surface area (TPSA) is 45.9 Å². The van der Waals surface area contributed by atoms with Gasteiger partial charge in [-0.1, -0.05) is 11.8 Å². The van der Waals surface area contributed by atoms with E-state index in [9.17, 15) is 4.79 Å². The summed E-state index contributed by atoms with van der Waals surface area (Å²) in [5.41, 5.74) is 0.715. The molecule has 8 heteroatoms. The summed E-state index contributed by atoms with van der Waals surface area (Å²) >= 11 is 1.28. The van der Waals surface area contributed by atoms with Crippen LogP contribution in [0.2, 0.25) is 0 Å². The number of pyridine rings is 1. The number of thioether (sulfide) groups is 1. The Kier molecular flexibility index (Phi) is 12.6. The largest absolute Gasteiger partial charge is 0.354 e. The molecule has 0 atom stereocenters. The number of ether oxygens (including phenoxy) is 1. The monoisotopic (exact) mass is 458 g/mol. The van der Waals surface area contributed by atoms with Crippen molar-refractivity contribution in [2.24, 2.45) is 7.05 Å². The number of aromatic nitrogens is 1. The molecule has 0 aliphatic heterocycles. The lowest BCUT2D eigenvalue weighted by Gasteiger charge is -2.45. The molecule has 0 N–H and O–H groups in total. The molecule has 0 fully saturated rings. The van der Waals surface area contributed by atoms with Crippen molar-refractivity contribution in [3.8, 4) is 0 Å². The summed E-state index contributed by atoms with van der Waals surface area (Å²) in [6.45, 7) is 18.4. The number of rotatable bonds is 13. The lowest BCUT2D eigenvalue weighted by molar-refractivity contribution is -0.671. The van der Waals surface area contributed by atoms with Gasteiger partial charge < -0.3 is 9.26 Å². The first-order valence-electron chi connectivity index (χ1n) is 10.8. The first kappa shape index (κ1) is 27.5. The summed E-state index contributed by atoms with van der Waals surface area (Å²) in [5.74, 6) is 0.608. The fourth-order valence-corrected chi connectivity index (χ4v) is 6.24. The second-order valence-electron chi connectivity index (χ2n) is 8.43. The van der Waals surface area contributed by atoms with Gasteiger partial charge in [-0.2, -0.15) is 0 Å². The van der Waals surface area contributed by atoms with E-state index < -0.39 is 8.45 Å². The fourth-order valence-electron chi connectivity index (χ4n) is 3.29. The maximum atomic E-state index is 12.2. The molecule has 0 aromatic carbocycles. The van der Waals surface area contributed by atoms with Crippen LogP contribution in [-0.2, 0) is 16.3 Å². The molecular formula is C22H41N3O3PS+. The van der Waals surface area contributed by atoms with Crippen molar-refractivity contribution < 1.29 is 18.6 Å². The van der Waals surface area contributed by atoms with Gasteiger partial charge in [-0.3, -0.25) is 4.79 Å². The number of hydrogen-bond donors (Lipinski definition) is 0. The molecule has 0 aliphatic carbocycles. The highest BCUT2D eigenvalue weighted by molar-refractivity contribution is 8.14. The molecule has 0 aliphatic rings. The average molecular weight is 459 g/mol. The maximum Gasteiger partial charge on any atom is 0.219 e. The van der Waals surface area contributed by atoms with Gasteiger partial charge in [0.05, 0.1) is 6.61 Å². The Labute approximate surface area is 189 Å². The standard InChI is InChI=1S/C22H41N3O3PS/c1-17(2)24(18(3)4)29(25(19(5)6)20(7)8)28-16-27-14-15-30-22(26)21-10-12-23(9)13-11-21/h10-13,17-20H,14-16H2,1-9H3/q+1. The Morgan fingerprint density at radius 3 is 1.87 bits per heavy atom. The SMILES string of the molecule is CC(C)N(C(C)C)P(OCOCCSC(=O)c1cc[n+](C)cc1)N(C(C)C)C(C)C. The third-order valence-corrected chi connectivity index (χ3v) is 8.28. The van der Waals surface area contributed by atoms with Crippen LogP contribution in [0.3, 0.4) is 0 Å². The van der Waals surface area contributed by atoms with Gasteiger partial charge in [0.25, 0.3) is 0 Å². The van der Waals surface area contributed by atoms with E-state index in [-0.39, 0.29) is 11.9 Å². The molecule has 6 nitrogen and oxygen atoms in total. The summed E-state index contributed by atoms with van der Waals surface area (Å²) < 4.78 is 18.9. The normalized spacial score (nSPS) is 12.5. The van der Waals surface area contributed by atoms with Gasteiger partial charge in [-0.05, 0) is 55.4 Å². The van der Waals surface area contributed by atoms with E-state index >= 15 is 0 Å². The van der Waals surface area contributed by atoms with Crippen molar-refractivity contribution in [2.45, 2.75) is 79.6 Å². The molecule has 0 unspecified atom stereocenters. The maximum absolute atomic E-state index is 12.2. The zero-order valence-electron chi connectivity index (χ0n) is 20.2. The molecule has 1 rings (SSSR count). The van der Waals surface area contributed by atoms with E-state index in [2.05, 4.69) is 64.7 Å². The van der Waals surface area contributed by atoms with E-state index in [4.69, 9.17) is 9.26 Å². The second-order valence-corrected chi connectivity index (χ2v) is 11.2. The fraction of sp³-hybridized carbons (Fsp3) is 0.727. The summed E-state index contributed by atoms with van der Waals surface area (Å²) in [6, 6.07) is 5.17. The van der Waals surface area contributed by atoms with Gasteiger partial charge in [0, 0.05) is 47.6 Å². The molecule has 0 radical (unpaired) electrons. The smallest absolute Gasteiger partial charge is 0.219 e. The van der Waals surface area contributed by atoms with Crippen LogP contribution in [0.15, 0.2) is 24.5 Å². The minimum absolute atomic E-state index is 0.0685. The molecule has 30 heavy (non-hydrogen) atoms. The van der Waals surface area contributed by atoms with E-state index in [1.165, 1.54) is 11.8 Å². The van der Waals surface area contributed by atoms with E-state index in [0.29, 0.717) is 42.1 Å². The van der Waals surface area contributed by atoms with E-state index in [0.717, 1.165) is 0 Å². The van der Waals surface area contributed by atoms with Crippen molar-refractivity contribution in [2.75, 3.05) is 19.2 Å². The van der Waals surface area contributed by atoms with Crippen molar-refractivity contribution in [3.63, 3.8) is 0 Å². The third-order valence-electron chi connectivity index (χ3n) is 4.44. The quantitative estimate of drug-likeness (QED) is 0.182. The summed E-state index contributed by atoms with van der Waals surface area (Å²) in [6.07, 6.45) is 3.76. The number of carbonyl (C=O) groups excluding carboxylic acids is 1. The first-order chi connectivity index (χ1) is 14.1. The molecule has 1 aromatic rings. The van der Waals surface area contributed by atoms with Crippen LogP contribution in [0.25, 0.3) is 0 Å². The Morgan fingerprint density at radius 2 is 1.43 bits per heavy atom. The van der Waals surface area contributed by atoms with Crippen molar-refractivity contribution >= 4 is 25.3 Å². The number of carbonyl (C=O) groups is 1. The summed E-state index contributed by atoms with van der Waals surface area (Å²) in [7, 11) is 0.982. The molecule has 1 aromatic heterocycles. The van der Waals surface area contributed by atoms with Crippen LogP contribution in [0.1, 0.15) is 65.7 Å². The van der Waals surface area contributed by atoms with Gasteiger partial charge >= 0.3 is 0 Å². The van der Waals surface area contributed by atoms with Gasteiger partial charge in [0.2, 0.25) is 5.12 Å². The molecule has 0 bridgehead atoms. The predicted octanol–water partition coefficient (Wildman–Crippen LogP) is 4.84. The molecule has 1 heterocycles. The van der Waals surface area contributed by atoms with Crippen molar-refractivity contribution in [3.05, 3.63) is 30.1 Å². The Morgan fingerprint density at radius 1 is 0.967 bits per heavy atom. The van der Waals surface area contributed by atoms with Gasteiger partial charge in [0.15, 0.2) is 27.6 Å². The highest BCUT2D eigenvalue weighted by atomic mass is 32.2. The van der Waals surface area contributed by atoms with E-state index in [1.54, 1.807) is 0 Å². The summed E-state index contributed by atoms with van der Waals surface area (Å²) in [5, 5.41) is 0.0685.